The number of aliphatic hydroxyl groups is 1. The average molecular weight is 154 g/mol. The Kier molecular flexibility index (Phi) is 2.85. The highest BCUT2D eigenvalue weighted by molar-refractivity contribution is 5.18. The summed E-state index contributed by atoms with van der Waals surface area (Å²) >= 11 is 0. The third-order valence-electron chi connectivity index (χ3n) is 2.05. The van der Waals surface area contributed by atoms with E-state index in [9.17, 15) is 0 Å². The summed E-state index contributed by atoms with van der Waals surface area (Å²) in [4.78, 5) is 0. The number of methoxy groups -OCH3 is 1. The Morgan fingerprint density at radius 3 is 2.82 bits per heavy atom. The van der Waals surface area contributed by atoms with Crippen molar-refractivity contribution in [3.05, 3.63) is 24.3 Å². The van der Waals surface area contributed by atoms with Gasteiger partial charge in [0.05, 0.1) is 5.60 Å². The van der Waals surface area contributed by atoms with Gasteiger partial charge in [0.1, 0.15) is 0 Å². The van der Waals surface area contributed by atoms with Gasteiger partial charge >= 0.3 is 0 Å². The van der Waals surface area contributed by atoms with Gasteiger partial charge < -0.3 is 9.84 Å². The molecule has 1 unspecified atom stereocenters. The van der Waals surface area contributed by atoms with Crippen molar-refractivity contribution in [2.24, 2.45) is 0 Å². The van der Waals surface area contributed by atoms with E-state index < -0.39 is 0 Å². The van der Waals surface area contributed by atoms with Crippen molar-refractivity contribution in [2.45, 2.75) is 18.4 Å². The van der Waals surface area contributed by atoms with Crippen LogP contribution in [0.1, 0.15) is 12.8 Å². The van der Waals surface area contributed by atoms with E-state index >= 15 is 0 Å². The third kappa shape index (κ3) is 1.91. The molecule has 0 aliphatic heterocycles. The van der Waals surface area contributed by atoms with E-state index in [1.165, 1.54) is 0 Å². The molecule has 2 heteroatoms. The van der Waals surface area contributed by atoms with Crippen molar-refractivity contribution >= 4 is 0 Å². The molecule has 0 amide bonds. The molecule has 1 N–H and O–H groups in total. The summed E-state index contributed by atoms with van der Waals surface area (Å²) in [7, 11) is 1.68. The van der Waals surface area contributed by atoms with Crippen LogP contribution in [0.25, 0.3) is 0 Å². The lowest BCUT2D eigenvalue weighted by Crippen LogP contribution is -2.30. The standard InChI is InChI=1S/C9H14O2/c1-11-9(7-8-10)5-3-2-4-6-9/h2-5,10H,6-8H2,1H3. The van der Waals surface area contributed by atoms with E-state index in [-0.39, 0.29) is 12.2 Å². The third-order valence-corrected chi connectivity index (χ3v) is 2.05. The number of hydrogen-bond acceptors (Lipinski definition) is 2. The van der Waals surface area contributed by atoms with Crippen LogP contribution < -0.4 is 0 Å². The highest BCUT2D eigenvalue weighted by Crippen LogP contribution is 2.24. The lowest BCUT2D eigenvalue weighted by atomic mass is 9.92. The Labute approximate surface area is 67.2 Å². The van der Waals surface area contributed by atoms with Gasteiger partial charge in [0, 0.05) is 20.1 Å². The lowest BCUT2D eigenvalue weighted by Gasteiger charge is -2.28. The number of rotatable bonds is 3. The zero-order valence-corrected chi connectivity index (χ0v) is 6.79. The Balaban J connectivity index is 2.60. The minimum Gasteiger partial charge on any atom is -0.396 e. The van der Waals surface area contributed by atoms with Gasteiger partial charge in [-0.3, -0.25) is 0 Å². The molecular formula is C9H14O2. The van der Waals surface area contributed by atoms with Gasteiger partial charge in [0.15, 0.2) is 0 Å². The van der Waals surface area contributed by atoms with E-state index in [1.54, 1.807) is 7.11 Å². The van der Waals surface area contributed by atoms with Gasteiger partial charge in [-0.05, 0) is 6.42 Å². The molecule has 2 nitrogen and oxygen atoms in total. The van der Waals surface area contributed by atoms with E-state index in [4.69, 9.17) is 9.84 Å². The second-order valence-electron chi connectivity index (χ2n) is 2.73. The molecule has 1 aliphatic carbocycles. The maximum absolute atomic E-state index is 8.78. The van der Waals surface area contributed by atoms with Crippen LogP contribution in [0.3, 0.4) is 0 Å². The summed E-state index contributed by atoms with van der Waals surface area (Å²) in [6.45, 7) is 0.173. The summed E-state index contributed by atoms with van der Waals surface area (Å²) in [5.41, 5.74) is -0.247. The van der Waals surface area contributed by atoms with Crippen LogP contribution in [0.15, 0.2) is 24.3 Å². The molecule has 0 saturated heterocycles. The summed E-state index contributed by atoms with van der Waals surface area (Å²) < 4.78 is 5.32. The maximum Gasteiger partial charge on any atom is 0.0917 e. The van der Waals surface area contributed by atoms with Crippen molar-refractivity contribution < 1.29 is 9.84 Å². The zero-order valence-electron chi connectivity index (χ0n) is 6.79. The van der Waals surface area contributed by atoms with E-state index in [1.807, 2.05) is 18.2 Å². The highest BCUT2D eigenvalue weighted by atomic mass is 16.5. The van der Waals surface area contributed by atoms with Crippen LogP contribution in [0.4, 0.5) is 0 Å². The second-order valence-corrected chi connectivity index (χ2v) is 2.73. The number of allylic oxidation sites excluding steroid dienone is 2. The van der Waals surface area contributed by atoms with Crippen LogP contribution >= 0.6 is 0 Å². The molecule has 1 rings (SSSR count). The molecule has 0 fully saturated rings. The van der Waals surface area contributed by atoms with Crippen LogP contribution in [0.2, 0.25) is 0 Å². The summed E-state index contributed by atoms with van der Waals surface area (Å²) in [5.74, 6) is 0. The summed E-state index contributed by atoms with van der Waals surface area (Å²) in [5, 5.41) is 8.78. The first kappa shape index (κ1) is 8.50. The molecule has 0 bridgehead atoms. The molecule has 1 aliphatic rings. The fourth-order valence-electron chi connectivity index (χ4n) is 1.27. The normalized spacial score (nSPS) is 29.3. The molecule has 0 saturated carbocycles. The first-order chi connectivity index (χ1) is 5.33. The lowest BCUT2D eigenvalue weighted by molar-refractivity contribution is 0.0134. The van der Waals surface area contributed by atoms with Gasteiger partial charge in [0.2, 0.25) is 0 Å². The largest absolute Gasteiger partial charge is 0.396 e. The number of ether oxygens (including phenoxy) is 1. The van der Waals surface area contributed by atoms with Crippen molar-refractivity contribution in [3.8, 4) is 0 Å². The number of hydrogen-bond donors (Lipinski definition) is 1. The molecule has 0 radical (unpaired) electrons. The fourth-order valence-corrected chi connectivity index (χ4v) is 1.27. The molecule has 0 aromatic carbocycles. The van der Waals surface area contributed by atoms with E-state index in [2.05, 4.69) is 6.08 Å². The Hall–Kier alpha value is -0.600. The zero-order chi connectivity index (χ0) is 8.16. The second kappa shape index (κ2) is 3.69. The van der Waals surface area contributed by atoms with Crippen molar-refractivity contribution in [2.75, 3.05) is 13.7 Å². The Morgan fingerprint density at radius 2 is 2.36 bits per heavy atom. The monoisotopic (exact) mass is 154 g/mol. The maximum atomic E-state index is 8.78. The molecule has 0 aromatic heterocycles. The van der Waals surface area contributed by atoms with Gasteiger partial charge in [-0.15, -0.1) is 0 Å². The van der Waals surface area contributed by atoms with Crippen molar-refractivity contribution in [3.63, 3.8) is 0 Å². The van der Waals surface area contributed by atoms with Crippen LogP contribution in [0, 0.1) is 0 Å². The van der Waals surface area contributed by atoms with Gasteiger partial charge in [0.25, 0.3) is 0 Å². The van der Waals surface area contributed by atoms with Gasteiger partial charge in [-0.2, -0.15) is 0 Å². The van der Waals surface area contributed by atoms with Crippen LogP contribution in [0.5, 0.6) is 0 Å². The number of aliphatic hydroxyl groups excluding tert-OH is 1. The minimum absolute atomic E-state index is 0.173. The summed E-state index contributed by atoms with van der Waals surface area (Å²) in [6, 6.07) is 0. The fraction of sp³-hybridized carbons (Fsp3) is 0.556. The van der Waals surface area contributed by atoms with Crippen molar-refractivity contribution in [1.82, 2.24) is 0 Å². The molecule has 62 valence electrons. The smallest absolute Gasteiger partial charge is 0.0917 e. The van der Waals surface area contributed by atoms with Gasteiger partial charge in [-0.25, -0.2) is 0 Å². The highest BCUT2D eigenvalue weighted by Gasteiger charge is 2.25. The van der Waals surface area contributed by atoms with Crippen LogP contribution in [-0.2, 0) is 4.74 Å². The summed E-state index contributed by atoms with van der Waals surface area (Å²) in [6.07, 6.45) is 9.55. The minimum atomic E-state index is -0.247. The first-order valence-corrected chi connectivity index (χ1v) is 3.83. The van der Waals surface area contributed by atoms with E-state index in [0.717, 1.165) is 6.42 Å². The van der Waals surface area contributed by atoms with Gasteiger partial charge in [-0.1, -0.05) is 24.3 Å². The molecule has 1 atom stereocenters. The first-order valence-electron chi connectivity index (χ1n) is 3.83. The Bertz CT molecular complexity index is 172. The Morgan fingerprint density at radius 1 is 1.55 bits per heavy atom. The predicted molar refractivity (Wildman–Crippen MR) is 44.3 cm³/mol. The quantitative estimate of drug-likeness (QED) is 0.663. The average Bonchev–Trinajstić information content (AvgIpc) is 2.07. The topological polar surface area (TPSA) is 29.5 Å². The SMILES string of the molecule is COC1(CCO)C=CC=CC1. The predicted octanol–water partition coefficient (Wildman–Crippen LogP) is 1.27. The molecule has 0 spiro atoms. The molecule has 0 aromatic rings. The molecular weight excluding hydrogens is 140 g/mol. The molecule has 0 heterocycles. The van der Waals surface area contributed by atoms with Crippen molar-refractivity contribution in [1.29, 1.82) is 0 Å². The van der Waals surface area contributed by atoms with E-state index in [0.29, 0.717) is 6.42 Å². The molecule has 11 heavy (non-hydrogen) atoms. The van der Waals surface area contributed by atoms with Crippen LogP contribution in [-0.4, -0.2) is 24.4 Å².